The van der Waals surface area contributed by atoms with Gasteiger partial charge in [-0.1, -0.05) is 19.0 Å². The molecular weight excluding hydrogens is 196 g/mol. The van der Waals surface area contributed by atoms with Crippen LogP contribution in [-0.2, 0) is 7.05 Å². The standard InChI is InChI=1S/C9H12N4O2/c1-5(2)7-11-8(15-12-7)6-4-10-9(14)13(6)3/h4-5H,1-3H3,(H,10,14). The van der Waals surface area contributed by atoms with Crippen LogP contribution >= 0.6 is 0 Å². The Morgan fingerprint density at radius 2 is 2.27 bits per heavy atom. The second-order valence-corrected chi connectivity index (χ2v) is 3.65. The average Bonchev–Trinajstić information content (AvgIpc) is 2.76. The van der Waals surface area contributed by atoms with Gasteiger partial charge in [0.15, 0.2) is 5.82 Å². The first-order chi connectivity index (χ1) is 7.09. The fourth-order valence-electron chi connectivity index (χ4n) is 1.21. The van der Waals surface area contributed by atoms with E-state index in [2.05, 4.69) is 15.1 Å². The SMILES string of the molecule is CC(C)c1noc(-c2c[nH]c(=O)n2C)n1. The molecule has 0 saturated carbocycles. The summed E-state index contributed by atoms with van der Waals surface area (Å²) in [6, 6.07) is 0. The summed E-state index contributed by atoms with van der Waals surface area (Å²) >= 11 is 0. The molecule has 80 valence electrons. The molecule has 0 spiro atoms. The molecule has 2 aromatic rings. The first-order valence-corrected chi connectivity index (χ1v) is 4.68. The zero-order valence-electron chi connectivity index (χ0n) is 8.81. The van der Waals surface area contributed by atoms with Gasteiger partial charge in [-0.15, -0.1) is 0 Å². The van der Waals surface area contributed by atoms with E-state index >= 15 is 0 Å². The highest BCUT2D eigenvalue weighted by Crippen LogP contribution is 2.17. The molecule has 6 nitrogen and oxygen atoms in total. The third kappa shape index (κ3) is 1.58. The highest BCUT2D eigenvalue weighted by Gasteiger charge is 2.14. The minimum absolute atomic E-state index is 0.200. The van der Waals surface area contributed by atoms with Gasteiger partial charge in [0, 0.05) is 19.2 Å². The quantitative estimate of drug-likeness (QED) is 0.795. The van der Waals surface area contributed by atoms with Crippen molar-refractivity contribution >= 4 is 0 Å². The Labute approximate surface area is 85.9 Å². The van der Waals surface area contributed by atoms with Crippen LogP contribution in [0.5, 0.6) is 0 Å². The molecule has 0 unspecified atom stereocenters. The van der Waals surface area contributed by atoms with Crippen molar-refractivity contribution in [3.8, 4) is 11.6 Å². The number of hydrogen-bond acceptors (Lipinski definition) is 4. The number of nitrogens with one attached hydrogen (secondary N) is 1. The fraction of sp³-hybridized carbons (Fsp3) is 0.444. The van der Waals surface area contributed by atoms with E-state index in [1.165, 1.54) is 4.57 Å². The van der Waals surface area contributed by atoms with Gasteiger partial charge >= 0.3 is 5.69 Å². The lowest BCUT2D eigenvalue weighted by Gasteiger charge is -1.93. The molecule has 1 N–H and O–H groups in total. The van der Waals surface area contributed by atoms with E-state index in [1.807, 2.05) is 13.8 Å². The molecule has 0 fully saturated rings. The maximum absolute atomic E-state index is 11.2. The fourth-order valence-corrected chi connectivity index (χ4v) is 1.21. The molecule has 2 aromatic heterocycles. The van der Waals surface area contributed by atoms with Crippen molar-refractivity contribution in [2.45, 2.75) is 19.8 Å². The molecule has 0 aromatic carbocycles. The predicted octanol–water partition coefficient (Wildman–Crippen LogP) is 0.887. The summed E-state index contributed by atoms with van der Waals surface area (Å²) in [6.45, 7) is 3.95. The topological polar surface area (TPSA) is 76.7 Å². The van der Waals surface area contributed by atoms with Gasteiger partial charge in [-0.05, 0) is 0 Å². The van der Waals surface area contributed by atoms with Gasteiger partial charge in [0.1, 0.15) is 5.69 Å². The first kappa shape index (κ1) is 9.70. The van der Waals surface area contributed by atoms with Crippen LogP contribution in [0.15, 0.2) is 15.5 Å². The molecular formula is C9H12N4O2. The maximum Gasteiger partial charge on any atom is 0.325 e. The van der Waals surface area contributed by atoms with Gasteiger partial charge in [0.25, 0.3) is 5.89 Å². The number of hydrogen-bond donors (Lipinski definition) is 1. The lowest BCUT2D eigenvalue weighted by Crippen LogP contribution is -2.13. The minimum atomic E-state index is -0.200. The Kier molecular flexibility index (Phi) is 2.18. The predicted molar refractivity (Wildman–Crippen MR) is 53.4 cm³/mol. The zero-order valence-corrected chi connectivity index (χ0v) is 8.81. The van der Waals surface area contributed by atoms with Crippen LogP contribution in [-0.4, -0.2) is 19.7 Å². The van der Waals surface area contributed by atoms with Crippen molar-refractivity contribution in [3.05, 3.63) is 22.5 Å². The summed E-state index contributed by atoms with van der Waals surface area (Å²) in [6.07, 6.45) is 1.56. The molecule has 0 amide bonds. The second-order valence-electron chi connectivity index (χ2n) is 3.65. The Morgan fingerprint density at radius 3 is 2.73 bits per heavy atom. The van der Waals surface area contributed by atoms with E-state index < -0.39 is 0 Å². The molecule has 0 bridgehead atoms. The van der Waals surface area contributed by atoms with Crippen molar-refractivity contribution < 1.29 is 4.52 Å². The first-order valence-electron chi connectivity index (χ1n) is 4.68. The largest absolute Gasteiger partial charge is 0.332 e. The number of aromatic amines is 1. The Bertz CT molecular complexity index is 520. The molecule has 0 atom stereocenters. The molecule has 6 heteroatoms. The summed E-state index contributed by atoms with van der Waals surface area (Å²) in [5, 5.41) is 3.83. The van der Waals surface area contributed by atoms with E-state index in [0.717, 1.165) is 0 Å². The summed E-state index contributed by atoms with van der Waals surface area (Å²) in [4.78, 5) is 17.9. The van der Waals surface area contributed by atoms with Crippen LogP contribution in [0.25, 0.3) is 11.6 Å². The van der Waals surface area contributed by atoms with Gasteiger partial charge in [-0.2, -0.15) is 4.98 Å². The normalized spacial score (nSPS) is 11.2. The molecule has 2 rings (SSSR count). The lowest BCUT2D eigenvalue weighted by atomic mass is 10.2. The van der Waals surface area contributed by atoms with Crippen molar-refractivity contribution in [2.24, 2.45) is 7.05 Å². The molecule has 15 heavy (non-hydrogen) atoms. The number of nitrogens with zero attached hydrogens (tertiary/aromatic N) is 3. The van der Waals surface area contributed by atoms with Gasteiger partial charge in [0.2, 0.25) is 0 Å². The molecule has 2 heterocycles. The Morgan fingerprint density at radius 1 is 1.53 bits per heavy atom. The van der Waals surface area contributed by atoms with E-state index in [4.69, 9.17) is 4.52 Å². The van der Waals surface area contributed by atoms with Crippen LogP contribution in [0.1, 0.15) is 25.6 Å². The van der Waals surface area contributed by atoms with Crippen LogP contribution < -0.4 is 5.69 Å². The monoisotopic (exact) mass is 208 g/mol. The van der Waals surface area contributed by atoms with Crippen LogP contribution in [0.4, 0.5) is 0 Å². The summed E-state index contributed by atoms with van der Waals surface area (Å²) in [5.41, 5.74) is 0.397. The van der Waals surface area contributed by atoms with Crippen molar-refractivity contribution in [1.29, 1.82) is 0 Å². The lowest BCUT2D eigenvalue weighted by molar-refractivity contribution is 0.417. The number of rotatable bonds is 2. The molecule has 0 radical (unpaired) electrons. The number of aromatic nitrogens is 4. The summed E-state index contributed by atoms with van der Waals surface area (Å²) < 4.78 is 6.49. The Balaban J connectivity index is 2.46. The van der Waals surface area contributed by atoms with E-state index in [9.17, 15) is 4.79 Å². The average molecular weight is 208 g/mol. The van der Waals surface area contributed by atoms with Gasteiger partial charge in [-0.25, -0.2) is 4.79 Å². The zero-order chi connectivity index (χ0) is 11.0. The van der Waals surface area contributed by atoms with Gasteiger partial charge in [-0.3, -0.25) is 4.57 Å². The van der Waals surface area contributed by atoms with Crippen molar-refractivity contribution in [1.82, 2.24) is 19.7 Å². The molecule has 0 aliphatic heterocycles. The van der Waals surface area contributed by atoms with E-state index in [-0.39, 0.29) is 11.6 Å². The van der Waals surface area contributed by atoms with Crippen molar-refractivity contribution in [3.63, 3.8) is 0 Å². The number of H-pyrrole nitrogens is 1. The molecule has 0 aliphatic carbocycles. The van der Waals surface area contributed by atoms with Gasteiger partial charge in [0.05, 0.1) is 0 Å². The van der Waals surface area contributed by atoms with Crippen molar-refractivity contribution in [2.75, 3.05) is 0 Å². The highest BCUT2D eigenvalue weighted by atomic mass is 16.5. The molecule has 0 aliphatic rings. The summed E-state index contributed by atoms with van der Waals surface area (Å²) in [7, 11) is 1.65. The maximum atomic E-state index is 11.2. The van der Waals surface area contributed by atoms with Crippen LogP contribution in [0.2, 0.25) is 0 Å². The Hall–Kier alpha value is -1.85. The smallest absolute Gasteiger partial charge is 0.325 e. The van der Waals surface area contributed by atoms with Crippen LogP contribution in [0.3, 0.4) is 0 Å². The minimum Gasteiger partial charge on any atom is -0.332 e. The third-order valence-corrected chi connectivity index (χ3v) is 2.18. The third-order valence-electron chi connectivity index (χ3n) is 2.18. The molecule has 0 saturated heterocycles. The van der Waals surface area contributed by atoms with E-state index in [1.54, 1.807) is 13.2 Å². The second kappa shape index (κ2) is 3.38. The van der Waals surface area contributed by atoms with E-state index in [0.29, 0.717) is 17.4 Å². The van der Waals surface area contributed by atoms with Crippen LogP contribution in [0, 0.1) is 0 Å². The number of imidazole rings is 1. The highest BCUT2D eigenvalue weighted by molar-refractivity contribution is 5.45. The van der Waals surface area contributed by atoms with Gasteiger partial charge < -0.3 is 9.51 Å². The summed E-state index contributed by atoms with van der Waals surface area (Å²) in [5.74, 6) is 1.21.